The SMILES string of the molecule is CCOC(=O)C1C(CCl)(CCl)C1(CCl)CCl. The van der Waals surface area contributed by atoms with Crippen LogP contribution in [-0.2, 0) is 9.53 Å². The van der Waals surface area contributed by atoms with Gasteiger partial charge in [-0.2, -0.15) is 0 Å². The lowest BCUT2D eigenvalue weighted by molar-refractivity contribution is -0.146. The van der Waals surface area contributed by atoms with Gasteiger partial charge in [0.1, 0.15) is 0 Å². The molecule has 94 valence electrons. The molecule has 0 amide bonds. The van der Waals surface area contributed by atoms with Gasteiger partial charge >= 0.3 is 5.97 Å². The first-order valence-corrected chi connectivity index (χ1v) is 7.14. The molecule has 0 saturated heterocycles. The maximum absolute atomic E-state index is 11.8. The minimum Gasteiger partial charge on any atom is -0.466 e. The zero-order chi connectivity index (χ0) is 12.4. The monoisotopic (exact) mass is 306 g/mol. The number of hydrogen-bond acceptors (Lipinski definition) is 2. The Morgan fingerprint density at radius 1 is 1.06 bits per heavy atom. The molecule has 16 heavy (non-hydrogen) atoms. The van der Waals surface area contributed by atoms with Gasteiger partial charge in [-0.15, -0.1) is 46.4 Å². The fourth-order valence-corrected chi connectivity index (χ4v) is 4.58. The Balaban J connectivity index is 2.95. The molecule has 0 aromatic rings. The molecular formula is C10H14Cl4O2. The number of esters is 1. The molecule has 1 aliphatic carbocycles. The van der Waals surface area contributed by atoms with Crippen molar-refractivity contribution in [2.45, 2.75) is 6.92 Å². The van der Waals surface area contributed by atoms with E-state index >= 15 is 0 Å². The summed E-state index contributed by atoms with van der Waals surface area (Å²) in [5.41, 5.74) is -1.04. The Morgan fingerprint density at radius 2 is 1.44 bits per heavy atom. The number of alkyl halides is 4. The van der Waals surface area contributed by atoms with Gasteiger partial charge in [0.2, 0.25) is 0 Å². The molecule has 0 radical (unpaired) electrons. The highest BCUT2D eigenvalue weighted by Crippen LogP contribution is 2.71. The molecule has 0 bridgehead atoms. The van der Waals surface area contributed by atoms with Crippen molar-refractivity contribution in [1.82, 2.24) is 0 Å². The van der Waals surface area contributed by atoms with E-state index < -0.39 is 10.8 Å². The molecule has 0 heterocycles. The Morgan fingerprint density at radius 3 is 1.69 bits per heavy atom. The third-order valence-corrected chi connectivity index (χ3v) is 5.40. The van der Waals surface area contributed by atoms with Crippen molar-refractivity contribution in [3.63, 3.8) is 0 Å². The smallest absolute Gasteiger partial charge is 0.310 e. The van der Waals surface area contributed by atoms with E-state index in [4.69, 9.17) is 51.1 Å². The quantitative estimate of drug-likeness (QED) is 0.557. The second-order valence-electron chi connectivity index (χ2n) is 4.03. The molecule has 0 aromatic heterocycles. The van der Waals surface area contributed by atoms with Crippen LogP contribution in [0.25, 0.3) is 0 Å². The Hall–Kier alpha value is 0.630. The predicted molar refractivity (Wildman–Crippen MR) is 67.9 cm³/mol. The average Bonchev–Trinajstić information content (AvgIpc) is 2.92. The van der Waals surface area contributed by atoms with Crippen molar-refractivity contribution in [3.05, 3.63) is 0 Å². The first kappa shape index (κ1) is 14.7. The van der Waals surface area contributed by atoms with E-state index in [2.05, 4.69) is 0 Å². The van der Waals surface area contributed by atoms with Crippen LogP contribution in [0.3, 0.4) is 0 Å². The van der Waals surface area contributed by atoms with Gasteiger partial charge in [-0.1, -0.05) is 0 Å². The summed E-state index contributed by atoms with van der Waals surface area (Å²) in [5.74, 6) is 0.368. The van der Waals surface area contributed by atoms with E-state index in [0.717, 1.165) is 0 Å². The van der Waals surface area contributed by atoms with Crippen molar-refractivity contribution in [3.8, 4) is 0 Å². The summed E-state index contributed by atoms with van der Waals surface area (Å²) in [6.07, 6.45) is 0. The van der Waals surface area contributed by atoms with E-state index in [9.17, 15) is 4.79 Å². The Labute approximate surface area is 116 Å². The highest BCUT2D eigenvalue weighted by Gasteiger charge is 2.78. The molecular weight excluding hydrogens is 294 g/mol. The Kier molecular flexibility index (Phi) is 5.06. The lowest BCUT2D eigenvalue weighted by atomic mass is 10.00. The van der Waals surface area contributed by atoms with Gasteiger partial charge in [0.15, 0.2) is 0 Å². The van der Waals surface area contributed by atoms with Crippen molar-refractivity contribution in [2.75, 3.05) is 30.1 Å². The standard InChI is InChI=1S/C10H14Cl4O2/c1-2-16-8(15)7-9(3-11,4-12)10(7,5-13)6-14/h7H,2-6H2,1H3. The maximum atomic E-state index is 11.8. The number of ether oxygens (including phenoxy) is 1. The predicted octanol–water partition coefficient (Wildman–Crippen LogP) is 3.11. The zero-order valence-electron chi connectivity index (χ0n) is 8.94. The number of rotatable bonds is 6. The molecule has 0 unspecified atom stereocenters. The van der Waals surface area contributed by atoms with Crippen LogP contribution in [0.1, 0.15) is 6.92 Å². The van der Waals surface area contributed by atoms with Gasteiger partial charge in [0, 0.05) is 34.3 Å². The molecule has 0 spiro atoms. The van der Waals surface area contributed by atoms with Crippen LogP contribution in [0.4, 0.5) is 0 Å². The first-order valence-electron chi connectivity index (χ1n) is 5.00. The third kappa shape index (κ3) is 1.82. The first-order chi connectivity index (χ1) is 7.60. The fourth-order valence-electron chi connectivity index (χ4n) is 2.33. The van der Waals surface area contributed by atoms with Gasteiger partial charge in [-0.25, -0.2) is 0 Å². The maximum Gasteiger partial charge on any atom is 0.310 e. The number of carbonyl (C=O) groups is 1. The van der Waals surface area contributed by atoms with Crippen LogP contribution >= 0.6 is 46.4 Å². The summed E-state index contributed by atoms with van der Waals surface area (Å²) >= 11 is 23.7. The van der Waals surface area contributed by atoms with E-state index in [0.29, 0.717) is 6.61 Å². The third-order valence-electron chi connectivity index (χ3n) is 3.49. The second kappa shape index (κ2) is 5.51. The largest absolute Gasteiger partial charge is 0.466 e. The summed E-state index contributed by atoms with van der Waals surface area (Å²) in [7, 11) is 0. The van der Waals surface area contributed by atoms with E-state index in [1.54, 1.807) is 6.92 Å². The normalized spacial score (nSPS) is 21.8. The van der Waals surface area contributed by atoms with Crippen molar-refractivity contribution < 1.29 is 9.53 Å². The van der Waals surface area contributed by atoms with Gasteiger partial charge in [0.05, 0.1) is 12.5 Å². The van der Waals surface area contributed by atoms with Gasteiger partial charge in [0.25, 0.3) is 0 Å². The fraction of sp³-hybridized carbons (Fsp3) is 0.900. The molecule has 1 aliphatic rings. The van der Waals surface area contributed by atoms with Gasteiger partial charge < -0.3 is 4.74 Å². The van der Waals surface area contributed by atoms with Gasteiger partial charge in [-0.05, 0) is 6.92 Å². The molecule has 2 nitrogen and oxygen atoms in total. The summed E-state index contributed by atoms with van der Waals surface area (Å²) < 4.78 is 5.01. The molecule has 1 fully saturated rings. The summed E-state index contributed by atoms with van der Waals surface area (Å²) in [4.78, 5) is 11.8. The van der Waals surface area contributed by atoms with Gasteiger partial charge in [-0.3, -0.25) is 4.79 Å². The molecule has 1 rings (SSSR count). The minimum atomic E-state index is -0.522. The van der Waals surface area contributed by atoms with E-state index in [-0.39, 0.29) is 35.4 Å². The van der Waals surface area contributed by atoms with E-state index in [1.807, 2.05) is 0 Å². The number of carbonyl (C=O) groups excluding carboxylic acids is 1. The lowest BCUT2D eigenvalue weighted by Gasteiger charge is -2.16. The topological polar surface area (TPSA) is 26.3 Å². The summed E-state index contributed by atoms with van der Waals surface area (Å²) in [5, 5.41) is 0. The molecule has 1 saturated carbocycles. The molecule has 0 N–H and O–H groups in total. The molecule has 6 heteroatoms. The minimum absolute atomic E-state index is 0.263. The van der Waals surface area contributed by atoms with Crippen LogP contribution in [-0.4, -0.2) is 36.1 Å². The van der Waals surface area contributed by atoms with Crippen LogP contribution in [0.2, 0.25) is 0 Å². The lowest BCUT2D eigenvalue weighted by Crippen LogP contribution is -2.21. The molecule has 0 atom stereocenters. The molecule has 0 aliphatic heterocycles. The van der Waals surface area contributed by atoms with E-state index in [1.165, 1.54) is 0 Å². The van der Waals surface area contributed by atoms with Crippen molar-refractivity contribution in [1.29, 1.82) is 0 Å². The van der Waals surface area contributed by atoms with Crippen LogP contribution < -0.4 is 0 Å². The molecule has 0 aromatic carbocycles. The summed E-state index contributed by atoms with van der Waals surface area (Å²) in [6, 6.07) is 0. The Bertz CT molecular complexity index is 244. The highest BCUT2D eigenvalue weighted by atomic mass is 35.5. The van der Waals surface area contributed by atoms with Crippen LogP contribution in [0.5, 0.6) is 0 Å². The van der Waals surface area contributed by atoms with Crippen molar-refractivity contribution in [2.24, 2.45) is 16.7 Å². The van der Waals surface area contributed by atoms with Crippen LogP contribution in [0, 0.1) is 16.7 Å². The number of hydrogen-bond donors (Lipinski definition) is 0. The average molecular weight is 308 g/mol. The second-order valence-corrected chi connectivity index (χ2v) is 5.10. The van der Waals surface area contributed by atoms with Crippen molar-refractivity contribution >= 4 is 52.4 Å². The highest BCUT2D eigenvalue weighted by molar-refractivity contribution is 6.25. The van der Waals surface area contributed by atoms with Crippen LogP contribution in [0.15, 0.2) is 0 Å². The zero-order valence-corrected chi connectivity index (χ0v) is 12.0. The summed E-state index contributed by atoms with van der Waals surface area (Å²) in [6.45, 7) is 2.09. The number of halogens is 4.